The van der Waals surface area contributed by atoms with E-state index in [9.17, 15) is 9.59 Å². The molecule has 0 saturated carbocycles. The number of para-hydroxylation sites is 1. The van der Waals surface area contributed by atoms with Crippen LogP contribution >= 0.6 is 11.3 Å². The van der Waals surface area contributed by atoms with Crippen molar-refractivity contribution in [3.05, 3.63) is 52.5 Å². The van der Waals surface area contributed by atoms with Crippen LogP contribution in [-0.4, -0.2) is 22.3 Å². The maximum absolute atomic E-state index is 12.3. The van der Waals surface area contributed by atoms with Crippen LogP contribution in [0.2, 0.25) is 0 Å². The lowest BCUT2D eigenvalue weighted by molar-refractivity contribution is -0.126. The Balaban J connectivity index is 1.95. The molecule has 1 aromatic carbocycles. The van der Waals surface area contributed by atoms with E-state index in [1.807, 2.05) is 25.1 Å². The lowest BCUT2D eigenvalue weighted by Gasteiger charge is -2.24. The highest BCUT2D eigenvalue weighted by molar-refractivity contribution is 7.12. The molecule has 0 spiro atoms. The molecule has 120 valence electrons. The molecule has 0 saturated heterocycles. The van der Waals surface area contributed by atoms with Crippen LogP contribution in [0, 0.1) is 6.92 Å². The third-order valence-electron chi connectivity index (χ3n) is 3.07. The van der Waals surface area contributed by atoms with Crippen LogP contribution in [0.5, 0.6) is 0 Å². The van der Waals surface area contributed by atoms with Crippen LogP contribution in [0.3, 0.4) is 0 Å². The van der Waals surface area contributed by atoms with Gasteiger partial charge in [0.25, 0.3) is 0 Å². The number of nitrogens with one attached hydrogen (secondary N) is 2. The first-order valence-electron chi connectivity index (χ1n) is 7.16. The van der Waals surface area contributed by atoms with Crippen LogP contribution in [0.25, 0.3) is 6.08 Å². The van der Waals surface area contributed by atoms with Gasteiger partial charge in [-0.3, -0.25) is 9.59 Å². The summed E-state index contributed by atoms with van der Waals surface area (Å²) < 4.78 is 0. The summed E-state index contributed by atoms with van der Waals surface area (Å²) in [6.45, 7) is 5.22. The summed E-state index contributed by atoms with van der Waals surface area (Å²) in [6, 6.07) is 9.13. The number of carbonyl (C=O) groups excluding carboxylic acids is 2. The van der Waals surface area contributed by atoms with E-state index < -0.39 is 5.54 Å². The Hall–Kier alpha value is -2.47. The van der Waals surface area contributed by atoms with Crippen LogP contribution in [-0.2, 0) is 9.59 Å². The second-order valence-electron chi connectivity index (χ2n) is 5.55. The zero-order valence-corrected chi connectivity index (χ0v) is 14.1. The highest BCUT2D eigenvalue weighted by Crippen LogP contribution is 2.13. The Labute approximate surface area is 139 Å². The second kappa shape index (κ2) is 7.19. The molecule has 0 aliphatic carbocycles. The average molecular weight is 329 g/mol. The number of aromatic nitrogens is 1. The van der Waals surface area contributed by atoms with Crippen LogP contribution in [0.1, 0.15) is 23.7 Å². The molecule has 5 nitrogen and oxygen atoms in total. The van der Waals surface area contributed by atoms with Gasteiger partial charge in [0.2, 0.25) is 11.8 Å². The van der Waals surface area contributed by atoms with Gasteiger partial charge >= 0.3 is 0 Å². The summed E-state index contributed by atoms with van der Waals surface area (Å²) >= 11 is 1.50. The van der Waals surface area contributed by atoms with Crippen molar-refractivity contribution in [1.82, 2.24) is 10.3 Å². The Morgan fingerprint density at radius 3 is 2.52 bits per heavy atom. The van der Waals surface area contributed by atoms with Gasteiger partial charge in [0, 0.05) is 22.8 Å². The molecule has 1 aromatic heterocycles. The third-order valence-corrected chi connectivity index (χ3v) is 3.95. The van der Waals surface area contributed by atoms with Crippen LogP contribution < -0.4 is 10.6 Å². The maximum Gasteiger partial charge on any atom is 0.249 e. The summed E-state index contributed by atoms with van der Waals surface area (Å²) in [5.74, 6) is -0.608. The third kappa shape index (κ3) is 5.03. The topological polar surface area (TPSA) is 71.1 Å². The van der Waals surface area contributed by atoms with Crippen LogP contribution in [0.15, 0.2) is 42.6 Å². The summed E-state index contributed by atoms with van der Waals surface area (Å²) in [5, 5.41) is 6.42. The van der Waals surface area contributed by atoms with Gasteiger partial charge in [0.1, 0.15) is 5.54 Å². The zero-order chi connectivity index (χ0) is 16.9. The molecule has 2 amide bonds. The molecule has 1 heterocycles. The fraction of sp³-hybridized carbons (Fsp3) is 0.235. The predicted octanol–water partition coefficient (Wildman–Crippen LogP) is 3.00. The monoisotopic (exact) mass is 329 g/mol. The molecule has 2 aromatic rings. The van der Waals surface area contributed by atoms with E-state index in [4.69, 9.17) is 0 Å². The predicted molar refractivity (Wildman–Crippen MR) is 93.2 cm³/mol. The number of thiazole rings is 1. The number of hydrogen-bond acceptors (Lipinski definition) is 4. The molecule has 0 fully saturated rings. The van der Waals surface area contributed by atoms with Gasteiger partial charge in [-0.15, -0.1) is 11.3 Å². The molecule has 2 N–H and O–H groups in total. The number of carbonyl (C=O) groups is 2. The van der Waals surface area contributed by atoms with Gasteiger partial charge < -0.3 is 10.6 Å². The molecular weight excluding hydrogens is 310 g/mol. The van der Waals surface area contributed by atoms with Gasteiger partial charge in [0.05, 0.1) is 5.01 Å². The summed E-state index contributed by atoms with van der Waals surface area (Å²) in [7, 11) is 0. The van der Waals surface area contributed by atoms with E-state index in [-0.39, 0.29) is 11.8 Å². The Morgan fingerprint density at radius 1 is 1.22 bits per heavy atom. The number of hydrogen-bond donors (Lipinski definition) is 2. The van der Waals surface area contributed by atoms with Gasteiger partial charge in [-0.25, -0.2) is 4.98 Å². The van der Waals surface area contributed by atoms with Crippen molar-refractivity contribution in [2.45, 2.75) is 26.3 Å². The number of aryl methyl sites for hydroxylation is 1. The van der Waals surface area contributed by atoms with E-state index in [2.05, 4.69) is 15.6 Å². The standard InChI is InChI=1S/C17H19N3O2S/c1-12-18-11-14(23-12)9-10-15(21)20-17(2,3)16(22)19-13-7-5-4-6-8-13/h4-11H,1-3H3,(H,19,22)(H,20,21)/b10-9-. The van der Waals surface area contributed by atoms with Gasteiger partial charge in [-0.1, -0.05) is 18.2 Å². The van der Waals surface area contributed by atoms with Crippen molar-refractivity contribution in [2.75, 3.05) is 5.32 Å². The quantitative estimate of drug-likeness (QED) is 0.828. The Kier molecular flexibility index (Phi) is 5.28. The van der Waals surface area contributed by atoms with Gasteiger partial charge in [0.15, 0.2) is 0 Å². The lowest BCUT2D eigenvalue weighted by atomic mass is 10.0. The number of anilines is 1. The molecule has 6 heteroatoms. The molecule has 0 bridgehead atoms. The fourth-order valence-corrected chi connectivity index (χ4v) is 2.52. The number of benzene rings is 1. The fourth-order valence-electron chi connectivity index (χ4n) is 1.83. The smallest absolute Gasteiger partial charge is 0.249 e. The van der Waals surface area contributed by atoms with Gasteiger partial charge in [-0.2, -0.15) is 0 Å². The first-order valence-corrected chi connectivity index (χ1v) is 7.97. The SMILES string of the molecule is Cc1ncc(/C=C\C(=O)NC(C)(C)C(=O)Nc2ccccc2)s1. The van der Waals surface area contributed by atoms with Crippen molar-refractivity contribution >= 4 is 34.9 Å². The van der Waals surface area contributed by atoms with E-state index in [0.29, 0.717) is 5.69 Å². The number of amides is 2. The van der Waals surface area contributed by atoms with Crippen molar-refractivity contribution < 1.29 is 9.59 Å². The highest BCUT2D eigenvalue weighted by Gasteiger charge is 2.28. The van der Waals surface area contributed by atoms with E-state index in [1.54, 1.807) is 38.3 Å². The van der Waals surface area contributed by atoms with Crippen molar-refractivity contribution in [3.63, 3.8) is 0 Å². The van der Waals surface area contributed by atoms with E-state index >= 15 is 0 Å². The second-order valence-corrected chi connectivity index (χ2v) is 6.82. The average Bonchev–Trinajstić information content (AvgIpc) is 2.91. The first-order chi connectivity index (χ1) is 10.9. The lowest BCUT2D eigenvalue weighted by Crippen LogP contribution is -2.51. The minimum Gasteiger partial charge on any atom is -0.339 e. The molecule has 0 unspecified atom stereocenters. The van der Waals surface area contributed by atoms with E-state index in [1.165, 1.54) is 17.4 Å². The van der Waals surface area contributed by atoms with Crippen molar-refractivity contribution in [1.29, 1.82) is 0 Å². The highest BCUT2D eigenvalue weighted by atomic mass is 32.1. The molecule has 0 atom stereocenters. The van der Waals surface area contributed by atoms with Crippen LogP contribution in [0.4, 0.5) is 5.69 Å². The zero-order valence-electron chi connectivity index (χ0n) is 13.3. The van der Waals surface area contributed by atoms with Crippen molar-refractivity contribution in [2.24, 2.45) is 0 Å². The summed E-state index contributed by atoms with van der Waals surface area (Å²) in [5.41, 5.74) is -0.337. The Bertz CT molecular complexity index is 720. The minimum atomic E-state index is -1.03. The number of nitrogens with zero attached hydrogens (tertiary/aromatic N) is 1. The van der Waals surface area contributed by atoms with Gasteiger partial charge in [-0.05, 0) is 39.0 Å². The Morgan fingerprint density at radius 2 is 1.91 bits per heavy atom. The maximum atomic E-state index is 12.3. The molecular formula is C17H19N3O2S. The largest absolute Gasteiger partial charge is 0.339 e. The molecule has 0 aliphatic heterocycles. The molecule has 0 radical (unpaired) electrons. The first kappa shape index (κ1) is 16.9. The normalized spacial score (nSPS) is 11.4. The van der Waals surface area contributed by atoms with E-state index in [0.717, 1.165) is 9.88 Å². The summed E-state index contributed by atoms with van der Waals surface area (Å²) in [6.07, 6.45) is 4.80. The number of rotatable bonds is 5. The molecule has 2 rings (SSSR count). The minimum absolute atomic E-state index is 0.279. The molecule has 0 aliphatic rings. The van der Waals surface area contributed by atoms with Crippen molar-refractivity contribution in [3.8, 4) is 0 Å². The molecule has 23 heavy (non-hydrogen) atoms. The summed E-state index contributed by atoms with van der Waals surface area (Å²) in [4.78, 5) is 29.3.